The summed E-state index contributed by atoms with van der Waals surface area (Å²) < 4.78 is 26.8. The van der Waals surface area contributed by atoms with Gasteiger partial charge in [0.15, 0.2) is 0 Å². The molecule has 1 aromatic carbocycles. The third-order valence-electron chi connectivity index (χ3n) is 4.60. The number of aryl methyl sites for hydroxylation is 1. The number of fused-ring (bicyclic) bond motifs is 1. The van der Waals surface area contributed by atoms with Crippen molar-refractivity contribution in [2.75, 3.05) is 5.32 Å². The minimum absolute atomic E-state index is 0.0314. The van der Waals surface area contributed by atoms with Crippen molar-refractivity contribution in [1.82, 2.24) is 15.6 Å². The van der Waals surface area contributed by atoms with Crippen LogP contribution in [0.1, 0.15) is 54.3 Å². The van der Waals surface area contributed by atoms with Crippen molar-refractivity contribution in [3.63, 3.8) is 0 Å². The van der Waals surface area contributed by atoms with Crippen LogP contribution in [0.5, 0.6) is 0 Å². The number of H-pyrrole nitrogens is 1. The third-order valence-corrected chi connectivity index (χ3v) is 4.60. The van der Waals surface area contributed by atoms with E-state index in [1.807, 2.05) is 0 Å². The van der Waals surface area contributed by atoms with Gasteiger partial charge in [-0.1, -0.05) is 0 Å². The van der Waals surface area contributed by atoms with Crippen LogP contribution >= 0.6 is 0 Å². The molecule has 29 heavy (non-hydrogen) atoms. The van der Waals surface area contributed by atoms with E-state index in [1.165, 1.54) is 6.07 Å². The molecular weight excluding hydrogens is 382 g/mol. The lowest BCUT2D eigenvalue weighted by Crippen LogP contribution is -2.38. The van der Waals surface area contributed by atoms with Gasteiger partial charge >= 0.3 is 6.03 Å². The SMILES string of the molecule is CC(C)NC(=O)c1cc2c([nH]c1=O)CCCC2NC(=O)Nc1ccc(F)cc1F. The lowest BCUT2D eigenvalue weighted by Gasteiger charge is -2.26. The van der Waals surface area contributed by atoms with Crippen LogP contribution in [0, 0.1) is 11.6 Å². The molecule has 0 spiro atoms. The number of pyridine rings is 1. The molecule has 4 N–H and O–H groups in total. The molecule has 0 aliphatic heterocycles. The number of carbonyl (C=O) groups is 2. The van der Waals surface area contributed by atoms with E-state index in [0.29, 0.717) is 30.2 Å². The number of nitrogens with one attached hydrogen (secondary N) is 4. The largest absolute Gasteiger partial charge is 0.350 e. The number of hydrogen-bond donors (Lipinski definition) is 4. The summed E-state index contributed by atoms with van der Waals surface area (Å²) in [5, 5.41) is 7.75. The highest BCUT2D eigenvalue weighted by atomic mass is 19.1. The average molecular weight is 404 g/mol. The molecule has 1 atom stereocenters. The van der Waals surface area contributed by atoms with Crippen molar-refractivity contribution in [3.05, 3.63) is 63.1 Å². The molecule has 0 radical (unpaired) electrons. The summed E-state index contributed by atoms with van der Waals surface area (Å²) in [4.78, 5) is 39.6. The quantitative estimate of drug-likeness (QED) is 0.630. The summed E-state index contributed by atoms with van der Waals surface area (Å²) in [6, 6.07) is 3.06. The van der Waals surface area contributed by atoms with E-state index in [4.69, 9.17) is 0 Å². The van der Waals surface area contributed by atoms with Crippen LogP contribution < -0.4 is 21.5 Å². The number of rotatable bonds is 4. The van der Waals surface area contributed by atoms with Gasteiger partial charge in [-0.05, 0) is 56.9 Å². The standard InChI is InChI=1S/C20H22F2N4O3/c1-10(2)23-18(27)13-9-12-15(24-19(13)28)4-3-5-16(12)25-20(29)26-17-7-6-11(21)8-14(17)22/h6-10,16H,3-5H2,1-2H3,(H,23,27)(H,24,28)(H2,25,26,29). The summed E-state index contributed by atoms with van der Waals surface area (Å²) in [6.45, 7) is 3.57. The molecule has 3 amide bonds. The maximum absolute atomic E-state index is 13.8. The van der Waals surface area contributed by atoms with Crippen molar-refractivity contribution in [3.8, 4) is 0 Å². The Bertz CT molecular complexity index is 1000. The normalized spacial score (nSPS) is 15.6. The van der Waals surface area contributed by atoms with Crippen LogP contribution in [0.15, 0.2) is 29.1 Å². The van der Waals surface area contributed by atoms with Crippen LogP contribution in [-0.2, 0) is 6.42 Å². The molecule has 2 aromatic rings. The van der Waals surface area contributed by atoms with Crippen LogP contribution in [0.3, 0.4) is 0 Å². The summed E-state index contributed by atoms with van der Waals surface area (Å²) in [7, 11) is 0. The first kappa shape index (κ1) is 20.5. The van der Waals surface area contributed by atoms with Crippen LogP contribution in [0.4, 0.5) is 19.3 Å². The molecule has 0 saturated carbocycles. The molecule has 1 aliphatic carbocycles. The van der Waals surface area contributed by atoms with Crippen LogP contribution in [0.2, 0.25) is 0 Å². The van der Waals surface area contributed by atoms with Gasteiger partial charge in [0.2, 0.25) is 0 Å². The van der Waals surface area contributed by atoms with E-state index in [2.05, 4.69) is 20.9 Å². The Hall–Kier alpha value is -3.23. The topological polar surface area (TPSA) is 103 Å². The number of benzene rings is 1. The Kier molecular flexibility index (Phi) is 5.95. The summed E-state index contributed by atoms with van der Waals surface area (Å²) >= 11 is 0. The number of anilines is 1. The summed E-state index contributed by atoms with van der Waals surface area (Å²) in [5.41, 5.74) is 0.620. The minimum Gasteiger partial charge on any atom is -0.350 e. The zero-order chi connectivity index (χ0) is 21.1. The molecule has 1 aromatic heterocycles. The van der Waals surface area contributed by atoms with Gasteiger partial charge in [0, 0.05) is 17.8 Å². The zero-order valence-corrected chi connectivity index (χ0v) is 16.1. The van der Waals surface area contributed by atoms with Gasteiger partial charge in [-0.15, -0.1) is 0 Å². The Balaban J connectivity index is 1.81. The smallest absolute Gasteiger partial charge is 0.319 e. The molecule has 1 unspecified atom stereocenters. The number of carbonyl (C=O) groups excluding carboxylic acids is 2. The molecule has 0 fully saturated rings. The van der Waals surface area contributed by atoms with Crippen molar-refractivity contribution in [2.24, 2.45) is 0 Å². The number of halogens is 2. The van der Waals surface area contributed by atoms with E-state index in [9.17, 15) is 23.2 Å². The maximum Gasteiger partial charge on any atom is 0.319 e. The predicted molar refractivity (Wildman–Crippen MR) is 104 cm³/mol. The van der Waals surface area contributed by atoms with E-state index in [-0.39, 0.29) is 17.3 Å². The van der Waals surface area contributed by atoms with Crippen molar-refractivity contribution >= 4 is 17.6 Å². The highest BCUT2D eigenvalue weighted by Crippen LogP contribution is 2.28. The summed E-state index contributed by atoms with van der Waals surface area (Å²) in [5.74, 6) is -2.13. The van der Waals surface area contributed by atoms with Gasteiger partial charge in [0.25, 0.3) is 11.5 Å². The predicted octanol–water partition coefficient (Wildman–Crippen LogP) is 2.99. The Morgan fingerprint density at radius 1 is 1.21 bits per heavy atom. The number of amides is 3. The second-order valence-corrected chi connectivity index (χ2v) is 7.24. The second kappa shape index (κ2) is 8.42. The van der Waals surface area contributed by atoms with Crippen molar-refractivity contribution < 1.29 is 18.4 Å². The third kappa shape index (κ3) is 4.79. The molecule has 3 rings (SSSR count). The summed E-state index contributed by atoms with van der Waals surface area (Å²) in [6.07, 6.45) is 1.92. The highest BCUT2D eigenvalue weighted by Gasteiger charge is 2.25. The Morgan fingerprint density at radius 2 is 1.97 bits per heavy atom. The molecule has 1 heterocycles. The first-order valence-electron chi connectivity index (χ1n) is 9.34. The van der Waals surface area contributed by atoms with E-state index < -0.39 is 35.2 Å². The van der Waals surface area contributed by atoms with Gasteiger partial charge in [-0.3, -0.25) is 9.59 Å². The van der Waals surface area contributed by atoms with Gasteiger partial charge < -0.3 is 20.9 Å². The monoisotopic (exact) mass is 404 g/mol. The van der Waals surface area contributed by atoms with E-state index >= 15 is 0 Å². The number of urea groups is 1. The zero-order valence-electron chi connectivity index (χ0n) is 16.1. The average Bonchev–Trinajstić information content (AvgIpc) is 2.63. The first-order valence-corrected chi connectivity index (χ1v) is 9.34. The van der Waals surface area contributed by atoms with Gasteiger partial charge in [0.1, 0.15) is 17.2 Å². The van der Waals surface area contributed by atoms with Gasteiger partial charge in [-0.2, -0.15) is 0 Å². The van der Waals surface area contributed by atoms with Crippen molar-refractivity contribution in [1.29, 1.82) is 0 Å². The molecule has 0 saturated heterocycles. The number of aromatic amines is 1. The molecule has 1 aliphatic rings. The fourth-order valence-corrected chi connectivity index (χ4v) is 3.31. The van der Waals surface area contributed by atoms with E-state index in [1.54, 1.807) is 13.8 Å². The Labute approximate surface area is 165 Å². The van der Waals surface area contributed by atoms with Crippen LogP contribution in [0.25, 0.3) is 0 Å². The van der Waals surface area contributed by atoms with E-state index in [0.717, 1.165) is 18.6 Å². The number of hydrogen-bond acceptors (Lipinski definition) is 3. The lowest BCUT2D eigenvalue weighted by atomic mass is 9.90. The molecule has 9 heteroatoms. The maximum atomic E-state index is 13.8. The molecule has 0 bridgehead atoms. The fraction of sp³-hybridized carbons (Fsp3) is 0.350. The lowest BCUT2D eigenvalue weighted by molar-refractivity contribution is 0.0941. The molecule has 154 valence electrons. The van der Waals surface area contributed by atoms with Crippen molar-refractivity contribution in [2.45, 2.75) is 45.2 Å². The second-order valence-electron chi connectivity index (χ2n) is 7.24. The highest BCUT2D eigenvalue weighted by molar-refractivity contribution is 5.94. The first-order chi connectivity index (χ1) is 13.7. The molecular formula is C20H22F2N4O3. The number of aromatic nitrogens is 1. The minimum atomic E-state index is -0.888. The molecule has 7 nitrogen and oxygen atoms in total. The fourth-order valence-electron chi connectivity index (χ4n) is 3.31. The Morgan fingerprint density at radius 3 is 2.66 bits per heavy atom. The van der Waals surface area contributed by atoms with Gasteiger partial charge in [0.05, 0.1) is 11.7 Å². The van der Waals surface area contributed by atoms with Gasteiger partial charge in [-0.25, -0.2) is 13.6 Å². The van der Waals surface area contributed by atoms with Crippen LogP contribution in [-0.4, -0.2) is 23.0 Å².